The number of β-lactam (4-membered cyclic amide) rings is 1. The number of nitrogens with two attached hydrogens (primary N) is 2. The van der Waals surface area contributed by atoms with Gasteiger partial charge in [-0.3, -0.25) is 9.59 Å². The largest absolute Gasteiger partial charge is 0.724 e. The van der Waals surface area contributed by atoms with Gasteiger partial charge in [0, 0.05) is 23.4 Å². The number of hydrogen-bond donors (Lipinski definition) is 4. The van der Waals surface area contributed by atoms with Crippen LogP contribution >= 0.6 is 11.3 Å². The molecule has 2 amide bonds. The van der Waals surface area contributed by atoms with Crippen molar-refractivity contribution in [1.82, 2.24) is 15.4 Å². The number of amides is 2. The summed E-state index contributed by atoms with van der Waals surface area (Å²) in [5.74, 6) is -3.17. The molecule has 19 heteroatoms. The van der Waals surface area contributed by atoms with Crippen LogP contribution in [0.3, 0.4) is 0 Å². The van der Waals surface area contributed by atoms with Gasteiger partial charge in [0.1, 0.15) is 31.1 Å². The first-order chi connectivity index (χ1) is 22.1. The number of aromatic nitrogens is 2. The molecule has 47 heavy (non-hydrogen) atoms. The minimum absolute atomic E-state index is 0.0543. The van der Waals surface area contributed by atoms with Crippen molar-refractivity contribution in [1.29, 1.82) is 0 Å². The number of aliphatic carboxylic acids is 1. The molecule has 0 aliphatic carbocycles. The van der Waals surface area contributed by atoms with Crippen molar-refractivity contribution in [2.75, 3.05) is 18.9 Å². The number of anilines is 1. The second-order valence-corrected chi connectivity index (χ2v) is 12.7. The number of thiazole rings is 1. The quantitative estimate of drug-likeness (QED) is 0.0405. The Bertz CT molecular complexity index is 1780. The standard InChI is InChI=1S/C28H33N7O10S2/c1-28(2)23(25(37)35(28)45-47(40,41)42)32-24(36)22(20-15-46-27(30)31-20)33-44-21(26(38)39)14-43-19-10-7-16(8-11-19)17-6-9-18(5-4-12-29)34(3)13-17/h6-11,13,15,21,23H,4-5,12,14,29H2,1-3H3,(H4-,30,31,32,36,38,39,40,41,42)/b33-22-/t21-,23?/m0/s1. The van der Waals surface area contributed by atoms with Crippen molar-refractivity contribution in [3.63, 3.8) is 0 Å². The number of nitrogens with one attached hydrogen (secondary N) is 1. The first kappa shape index (κ1) is 35.2. The van der Waals surface area contributed by atoms with Crippen molar-refractivity contribution in [2.24, 2.45) is 17.9 Å². The molecule has 0 radical (unpaired) electrons. The van der Waals surface area contributed by atoms with Crippen LogP contribution in [0.15, 0.2) is 53.1 Å². The summed E-state index contributed by atoms with van der Waals surface area (Å²) in [5, 5.41) is 17.5. The molecule has 1 unspecified atom stereocenters. The highest BCUT2D eigenvalue weighted by Crippen LogP contribution is 2.33. The van der Waals surface area contributed by atoms with Crippen LogP contribution in [0.4, 0.5) is 5.13 Å². The Morgan fingerprint density at radius 1 is 1.23 bits per heavy atom. The van der Waals surface area contributed by atoms with Crippen LogP contribution in [0.1, 0.15) is 31.7 Å². The number of benzene rings is 1. The number of nitrogens with zero attached hydrogens (tertiary/aromatic N) is 4. The molecule has 2 atom stereocenters. The summed E-state index contributed by atoms with van der Waals surface area (Å²) in [6.07, 6.45) is 2.07. The van der Waals surface area contributed by atoms with Gasteiger partial charge < -0.3 is 36.0 Å². The van der Waals surface area contributed by atoms with E-state index in [1.54, 1.807) is 12.1 Å². The Kier molecular flexibility index (Phi) is 10.8. The average Bonchev–Trinajstić information content (AvgIpc) is 3.44. The Balaban J connectivity index is 1.44. The number of carboxylic acid groups (broad SMARTS) is 1. The number of ether oxygens (including phenoxy) is 1. The molecule has 1 fully saturated rings. The third-order valence-corrected chi connectivity index (χ3v) is 8.12. The van der Waals surface area contributed by atoms with E-state index in [1.165, 1.54) is 19.2 Å². The monoisotopic (exact) mass is 691 g/mol. The van der Waals surface area contributed by atoms with Crippen LogP contribution in [0.25, 0.3) is 11.1 Å². The molecule has 2 aromatic heterocycles. The van der Waals surface area contributed by atoms with Crippen molar-refractivity contribution in [2.45, 2.75) is 44.4 Å². The predicted octanol–water partition coefficient (Wildman–Crippen LogP) is -0.142. The number of hydroxylamine groups is 2. The number of nitrogen functional groups attached to an aromatic ring is 1. The first-order valence-corrected chi connectivity index (χ1v) is 16.2. The number of hydrogen-bond acceptors (Lipinski definition) is 14. The summed E-state index contributed by atoms with van der Waals surface area (Å²) in [5.41, 5.74) is 12.2. The van der Waals surface area contributed by atoms with Gasteiger partial charge >= 0.3 is 5.97 Å². The van der Waals surface area contributed by atoms with Gasteiger partial charge in [-0.25, -0.2) is 22.8 Å². The number of pyridine rings is 1. The molecule has 0 saturated carbocycles. The molecule has 252 valence electrons. The van der Waals surface area contributed by atoms with Crippen LogP contribution in [0, 0.1) is 0 Å². The maximum absolute atomic E-state index is 13.2. The van der Waals surface area contributed by atoms with Gasteiger partial charge in [-0.1, -0.05) is 17.3 Å². The molecule has 6 N–H and O–H groups in total. The zero-order valence-electron chi connectivity index (χ0n) is 25.5. The SMILES string of the molecule is C[n+]1cc(-c2ccc(OC[C@H](O/N=C(\C(=O)NC3C(=O)N(OS(=O)(=O)[O-])C3(C)C)c3csc(N)n3)C(=O)O)cc2)ccc1CCCN. The molecule has 1 aromatic carbocycles. The summed E-state index contributed by atoms with van der Waals surface area (Å²) in [7, 11) is -3.31. The molecule has 1 saturated heterocycles. The lowest BCUT2D eigenvalue weighted by Crippen LogP contribution is -2.76. The smallest absolute Gasteiger partial charge is 0.351 e. The van der Waals surface area contributed by atoms with E-state index in [9.17, 15) is 32.5 Å². The topological polar surface area (TPSA) is 253 Å². The fraction of sp³-hybridized carbons (Fsp3) is 0.357. The molecule has 17 nitrogen and oxygen atoms in total. The normalized spacial score (nSPS) is 16.7. The van der Waals surface area contributed by atoms with E-state index in [4.69, 9.17) is 21.0 Å². The summed E-state index contributed by atoms with van der Waals surface area (Å²) in [6, 6.07) is 9.65. The van der Waals surface area contributed by atoms with E-state index in [0.717, 1.165) is 41.0 Å². The third kappa shape index (κ3) is 8.57. The number of carbonyl (C=O) groups is 3. The van der Waals surface area contributed by atoms with E-state index in [2.05, 4.69) is 19.7 Å². The van der Waals surface area contributed by atoms with Gasteiger partial charge in [0.25, 0.3) is 17.9 Å². The second-order valence-electron chi connectivity index (χ2n) is 10.9. The summed E-state index contributed by atoms with van der Waals surface area (Å²) < 4.78 is 44.8. The van der Waals surface area contributed by atoms with E-state index in [-0.39, 0.29) is 10.8 Å². The van der Waals surface area contributed by atoms with Crippen LogP contribution in [-0.2, 0) is 47.4 Å². The van der Waals surface area contributed by atoms with Crippen molar-refractivity contribution in [3.05, 3.63) is 59.4 Å². The lowest BCUT2D eigenvalue weighted by Gasteiger charge is -2.51. The van der Waals surface area contributed by atoms with Crippen molar-refractivity contribution in [3.8, 4) is 16.9 Å². The highest BCUT2D eigenvalue weighted by Gasteiger charge is 2.57. The van der Waals surface area contributed by atoms with Gasteiger partial charge in [-0.15, -0.1) is 11.3 Å². The highest BCUT2D eigenvalue weighted by molar-refractivity contribution is 7.80. The van der Waals surface area contributed by atoms with E-state index in [0.29, 0.717) is 17.4 Å². The minimum atomic E-state index is -5.26. The Morgan fingerprint density at radius 3 is 2.47 bits per heavy atom. The Morgan fingerprint density at radius 2 is 1.91 bits per heavy atom. The maximum atomic E-state index is 13.2. The fourth-order valence-corrected chi connectivity index (χ4v) is 5.54. The van der Waals surface area contributed by atoms with Crippen LogP contribution in [0.5, 0.6) is 5.75 Å². The zero-order valence-corrected chi connectivity index (χ0v) is 27.1. The van der Waals surface area contributed by atoms with Gasteiger partial charge in [0.2, 0.25) is 10.4 Å². The third-order valence-electron chi connectivity index (χ3n) is 7.11. The molecule has 3 aromatic rings. The molecule has 4 rings (SSSR count). The van der Waals surface area contributed by atoms with E-state index in [1.807, 2.05) is 42.1 Å². The molecular formula is C28H33N7O10S2. The Hall–Kier alpha value is -4.69. The van der Waals surface area contributed by atoms with Gasteiger partial charge in [-0.2, -0.15) is 9.35 Å². The maximum Gasteiger partial charge on any atom is 0.351 e. The van der Waals surface area contributed by atoms with Crippen molar-refractivity contribution < 1.29 is 50.9 Å². The summed E-state index contributed by atoms with van der Waals surface area (Å²) in [4.78, 5) is 46.8. The van der Waals surface area contributed by atoms with Gasteiger partial charge in [0.05, 0.1) is 5.54 Å². The van der Waals surface area contributed by atoms with Crippen molar-refractivity contribution >= 4 is 50.4 Å². The number of aryl methyl sites for hydroxylation is 2. The van der Waals surface area contributed by atoms with Gasteiger partial charge in [0.15, 0.2) is 22.7 Å². The van der Waals surface area contributed by atoms with Gasteiger partial charge in [-0.05, 0) is 50.6 Å². The lowest BCUT2D eigenvalue weighted by molar-refractivity contribution is -0.678. The number of oxime groups is 1. The number of rotatable bonds is 15. The number of carboxylic acids is 1. The van der Waals surface area contributed by atoms with Crippen LogP contribution in [0.2, 0.25) is 0 Å². The Labute approximate surface area is 273 Å². The average molecular weight is 692 g/mol. The minimum Gasteiger partial charge on any atom is -0.724 e. The second kappa shape index (κ2) is 14.4. The molecule has 0 spiro atoms. The molecule has 0 bridgehead atoms. The molecule has 1 aliphatic heterocycles. The van der Waals surface area contributed by atoms with Crippen LogP contribution in [-0.4, -0.2) is 82.5 Å². The van der Waals surface area contributed by atoms with E-state index >= 15 is 0 Å². The summed E-state index contributed by atoms with van der Waals surface area (Å²) >= 11 is 0.955. The fourth-order valence-electron chi connectivity index (χ4n) is 4.55. The van der Waals surface area contributed by atoms with Crippen LogP contribution < -0.4 is 26.1 Å². The molecular weight excluding hydrogens is 658 g/mol. The zero-order chi connectivity index (χ0) is 34.5. The summed E-state index contributed by atoms with van der Waals surface area (Å²) in [6.45, 7) is 2.79. The van der Waals surface area contributed by atoms with E-state index < -0.39 is 58.2 Å². The lowest BCUT2D eigenvalue weighted by atomic mass is 9.84. The predicted molar refractivity (Wildman–Crippen MR) is 165 cm³/mol. The first-order valence-electron chi connectivity index (χ1n) is 14.0. The molecule has 1 aliphatic rings. The highest BCUT2D eigenvalue weighted by atomic mass is 32.3. The molecule has 3 heterocycles. The number of carbonyl (C=O) groups excluding carboxylic acids is 2.